The van der Waals surface area contributed by atoms with Gasteiger partial charge in [0.05, 0.1) is 26.3 Å². The van der Waals surface area contributed by atoms with Gasteiger partial charge in [0.15, 0.2) is 0 Å². The van der Waals surface area contributed by atoms with E-state index < -0.39 is 0 Å². The summed E-state index contributed by atoms with van der Waals surface area (Å²) in [5.74, 6) is 2.33. The van der Waals surface area contributed by atoms with Gasteiger partial charge < -0.3 is 15.0 Å². The van der Waals surface area contributed by atoms with Gasteiger partial charge in [-0.25, -0.2) is 0 Å². The molecule has 2 N–H and O–H groups in total. The van der Waals surface area contributed by atoms with Crippen LogP contribution in [0.3, 0.4) is 0 Å². The summed E-state index contributed by atoms with van der Waals surface area (Å²) in [7, 11) is 3.98. The molecule has 0 aliphatic heterocycles. The Labute approximate surface area is 97.5 Å². The molecule has 16 heavy (non-hydrogen) atoms. The van der Waals surface area contributed by atoms with Gasteiger partial charge in [0.25, 0.3) is 0 Å². The molecule has 92 valence electrons. The minimum Gasteiger partial charge on any atom is -0.378 e. The van der Waals surface area contributed by atoms with Crippen molar-refractivity contribution in [3.8, 4) is 12.3 Å². The number of likely N-dealkylation sites (N-methyl/N-ethyl adjacent to an activating group) is 1. The Morgan fingerprint density at radius 2 is 2.19 bits per heavy atom. The Hall–Kier alpha value is -1.09. The molecule has 0 radical (unpaired) electrons. The maximum absolute atomic E-state index is 11.2. The van der Waals surface area contributed by atoms with E-state index >= 15 is 0 Å². The van der Waals surface area contributed by atoms with Crippen LogP contribution in [0.2, 0.25) is 0 Å². The molecule has 5 heteroatoms. The summed E-state index contributed by atoms with van der Waals surface area (Å²) in [6.45, 7) is 3.29. The highest BCUT2D eigenvalue weighted by Gasteiger charge is 1.98. The van der Waals surface area contributed by atoms with E-state index in [2.05, 4.69) is 16.6 Å². The van der Waals surface area contributed by atoms with Gasteiger partial charge in [0.2, 0.25) is 5.91 Å². The highest BCUT2D eigenvalue weighted by atomic mass is 16.5. The topological polar surface area (TPSA) is 53.6 Å². The number of carbonyl (C=O) groups is 1. The zero-order chi connectivity index (χ0) is 12.2. The third-order valence-electron chi connectivity index (χ3n) is 1.76. The maximum atomic E-state index is 11.2. The zero-order valence-corrected chi connectivity index (χ0v) is 10.1. The van der Waals surface area contributed by atoms with Crippen molar-refractivity contribution in [3.05, 3.63) is 0 Å². The van der Waals surface area contributed by atoms with Crippen LogP contribution in [0.4, 0.5) is 0 Å². The van der Waals surface area contributed by atoms with E-state index in [4.69, 9.17) is 11.2 Å². The lowest BCUT2D eigenvalue weighted by molar-refractivity contribution is -0.120. The molecule has 0 atom stereocenters. The first-order valence-corrected chi connectivity index (χ1v) is 5.30. The molecule has 0 unspecified atom stereocenters. The largest absolute Gasteiger partial charge is 0.378 e. The number of rotatable bonds is 9. The van der Waals surface area contributed by atoms with E-state index in [0.29, 0.717) is 26.3 Å². The molecule has 0 saturated carbocycles. The molecular formula is C11H21N3O2. The number of hydrogen-bond acceptors (Lipinski definition) is 4. The van der Waals surface area contributed by atoms with Gasteiger partial charge in [-0.3, -0.25) is 10.1 Å². The molecule has 0 aliphatic rings. The fourth-order valence-corrected chi connectivity index (χ4v) is 0.923. The maximum Gasteiger partial charge on any atom is 0.234 e. The Kier molecular flexibility index (Phi) is 9.72. The molecule has 5 nitrogen and oxygen atoms in total. The molecule has 0 aromatic rings. The molecule has 0 heterocycles. The lowest BCUT2D eigenvalue weighted by atomic mass is 10.5. The molecule has 0 spiro atoms. The second kappa shape index (κ2) is 10.4. The second-order valence-corrected chi connectivity index (χ2v) is 3.57. The van der Waals surface area contributed by atoms with Crippen molar-refractivity contribution >= 4 is 5.91 Å². The average molecular weight is 227 g/mol. The summed E-state index contributed by atoms with van der Waals surface area (Å²) in [4.78, 5) is 13.2. The molecule has 0 aliphatic carbocycles. The van der Waals surface area contributed by atoms with Crippen molar-refractivity contribution < 1.29 is 9.53 Å². The predicted molar refractivity (Wildman–Crippen MR) is 64.1 cm³/mol. The van der Waals surface area contributed by atoms with Crippen molar-refractivity contribution in [1.82, 2.24) is 15.5 Å². The summed E-state index contributed by atoms with van der Waals surface area (Å²) in [6.07, 6.45) is 5.03. The standard InChI is InChI=1S/C11H21N3O2/c1-4-5-12-10-11(15)13-6-8-16-9-7-14(2)3/h1,12H,5-10H2,2-3H3,(H,13,15). The number of nitrogens with zero attached hydrogens (tertiary/aromatic N) is 1. The average Bonchev–Trinajstić information content (AvgIpc) is 2.23. The smallest absolute Gasteiger partial charge is 0.234 e. The SMILES string of the molecule is C#CCNCC(=O)NCCOCCN(C)C. The third kappa shape index (κ3) is 11.0. The summed E-state index contributed by atoms with van der Waals surface area (Å²) >= 11 is 0. The quantitative estimate of drug-likeness (QED) is 0.388. The van der Waals surface area contributed by atoms with Crippen molar-refractivity contribution in [1.29, 1.82) is 0 Å². The highest BCUT2D eigenvalue weighted by Crippen LogP contribution is 1.77. The summed E-state index contributed by atoms with van der Waals surface area (Å²) in [5.41, 5.74) is 0. The molecule has 0 aromatic carbocycles. The summed E-state index contributed by atoms with van der Waals surface area (Å²) < 4.78 is 5.31. The number of ether oxygens (including phenoxy) is 1. The van der Waals surface area contributed by atoms with Crippen molar-refractivity contribution in [3.63, 3.8) is 0 Å². The zero-order valence-electron chi connectivity index (χ0n) is 10.1. The fraction of sp³-hybridized carbons (Fsp3) is 0.727. The Balaban J connectivity index is 3.19. The molecule has 1 amide bonds. The Morgan fingerprint density at radius 1 is 1.44 bits per heavy atom. The minimum absolute atomic E-state index is 0.0635. The number of nitrogens with one attached hydrogen (secondary N) is 2. The molecule has 0 fully saturated rings. The van der Waals surface area contributed by atoms with Gasteiger partial charge in [-0.1, -0.05) is 5.92 Å². The number of carbonyl (C=O) groups excluding carboxylic acids is 1. The van der Waals surface area contributed by atoms with Crippen molar-refractivity contribution in [2.75, 3.05) is 53.5 Å². The number of terminal acetylenes is 1. The van der Waals surface area contributed by atoms with E-state index in [1.54, 1.807) is 0 Å². The van der Waals surface area contributed by atoms with Crippen LogP contribution in [-0.2, 0) is 9.53 Å². The third-order valence-corrected chi connectivity index (χ3v) is 1.76. The molecule has 0 rings (SSSR count). The molecule has 0 saturated heterocycles. The van der Waals surface area contributed by atoms with E-state index in [1.165, 1.54) is 0 Å². The first kappa shape index (κ1) is 14.9. The normalized spacial score (nSPS) is 10.1. The fourth-order valence-electron chi connectivity index (χ4n) is 0.923. The summed E-state index contributed by atoms with van der Waals surface area (Å²) in [5, 5.41) is 5.53. The second-order valence-electron chi connectivity index (χ2n) is 3.57. The van der Waals surface area contributed by atoms with E-state index in [9.17, 15) is 4.79 Å². The number of hydrogen-bond donors (Lipinski definition) is 2. The lowest BCUT2D eigenvalue weighted by Gasteiger charge is -2.10. The van der Waals surface area contributed by atoms with Crippen LogP contribution in [0.1, 0.15) is 0 Å². The van der Waals surface area contributed by atoms with E-state index in [0.717, 1.165) is 6.54 Å². The predicted octanol–water partition coefficient (Wildman–Crippen LogP) is -1.10. The first-order valence-electron chi connectivity index (χ1n) is 5.30. The van der Waals surface area contributed by atoms with Crippen molar-refractivity contribution in [2.45, 2.75) is 0 Å². The number of amides is 1. The van der Waals surface area contributed by atoms with Crippen LogP contribution in [0.15, 0.2) is 0 Å². The monoisotopic (exact) mass is 227 g/mol. The minimum atomic E-state index is -0.0635. The Morgan fingerprint density at radius 3 is 2.81 bits per heavy atom. The molecular weight excluding hydrogens is 206 g/mol. The van der Waals surface area contributed by atoms with Gasteiger partial charge >= 0.3 is 0 Å². The Bertz CT molecular complexity index is 224. The summed E-state index contributed by atoms with van der Waals surface area (Å²) in [6, 6.07) is 0. The van der Waals surface area contributed by atoms with Gasteiger partial charge in [-0.2, -0.15) is 0 Å². The van der Waals surface area contributed by atoms with E-state index in [-0.39, 0.29) is 12.5 Å². The van der Waals surface area contributed by atoms with Crippen LogP contribution >= 0.6 is 0 Å². The lowest BCUT2D eigenvalue weighted by Crippen LogP contribution is -2.36. The van der Waals surface area contributed by atoms with Crippen LogP contribution in [-0.4, -0.2) is 64.3 Å². The molecule has 0 aromatic heterocycles. The van der Waals surface area contributed by atoms with Gasteiger partial charge in [-0.15, -0.1) is 6.42 Å². The van der Waals surface area contributed by atoms with E-state index in [1.807, 2.05) is 19.0 Å². The molecule has 0 bridgehead atoms. The van der Waals surface area contributed by atoms with Crippen LogP contribution < -0.4 is 10.6 Å². The van der Waals surface area contributed by atoms with Gasteiger partial charge in [0, 0.05) is 13.1 Å². The van der Waals surface area contributed by atoms with Crippen LogP contribution in [0.25, 0.3) is 0 Å². The van der Waals surface area contributed by atoms with Gasteiger partial charge in [-0.05, 0) is 14.1 Å². The van der Waals surface area contributed by atoms with Crippen LogP contribution in [0, 0.1) is 12.3 Å². The first-order chi connectivity index (χ1) is 7.66. The van der Waals surface area contributed by atoms with Crippen molar-refractivity contribution in [2.24, 2.45) is 0 Å². The van der Waals surface area contributed by atoms with Gasteiger partial charge in [0.1, 0.15) is 0 Å². The highest BCUT2D eigenvalue weighted by molar-refractivity contribution is 5.77. The van der Waals surface area contributed by atoms with Crippen LogP contribution in [0.5, 0.6) is 0 Å².